The van der Waals surface area contributed by atoms with Gasteiger partial charge in [-0.25, -0.2) is 4.98 Å². The van der Waals surface area contributed by atoms with Gasteiger partial charge in [-0.05, 0) is 18.2 Å². The molecule has 1 saturated heterocycles. The van der Waals surface area contributed by atoms with Gasteiger partial charge >= 0.3 is 0 Å². The van der Waals surface area contributed by atoms with E-state index in [9.17, 15) is 15.2 Å². The van der Waals surface area contributed by atoms with Crippen LogP contribution in [0.15, 0.2) is 48.5 Å². The van der Waals surface area contributed by atoms with Gasteiger partial charge in [0.2, 0.25) is 0 Å². The van der Waals surface area contributed by atoms with Crippen LogP contribution < -0.4 is 4.74 Å². The molecule has 3 aromatic rings. The van der Waals surface area contributed by atoms with Gasteiger partial charge in [-0.15, -0.1) is 11.3 Å². The number of non-ortho nitro benzene ring substituents is 1. The molecule has 1 aromatic heterocycles. The molecule has 0 amide bonds. The van der Waals surface area contributed by atoms with Crippen molar-refractivity contribution in [2.45, 2.75) is 12.0 Å². The van der Waals surface area contributed by atoms with Crippen molar-refractivity contribution < 1.29 is 14.8 Å². The second kappa shape index (κ2) is 7.59. The lowest BCUT2D eigenvalue weighted by Gasteiger charge is -2.39. The second-order valence-electron chi connectivity index (χ2n) is 6.65. The van der Waals surface area contributed by atoms with E-state index in [2.05, 4.69) is 11.0 Å². The number of aliphatic hydroxyl groups excluding tert-OH is 1. The van der Waals surface area contributed by atoms with Crippen LogP contribution in [0.25, 0.3) is 10.2 Å². The third-order valence-electron chi connectivity index (χ3n) is 4.56. The number of aliphatic hydroxyl groups is 1. The molecular weight excluding hydrogens is 366 g/mol. The maximum absolute atomic E-state index is 10.8. The van der Waals surface area contributed by atoms with Crippen molar-refractivity contribution in [1.82, 2.24) is 9.88 Å². The average Bonchev–Trinajstić information content (AvgIpc) is 3.06. The van der Waals surface area contributed by atoms with Crippen molar-refractivity contribution in [2.75, 3.05) is 26.2 Å². The number of ether oxygens (including phenoxy) is 1. The van der Waals surface area contributed by atoms with Gasteiger partial charge in [0.25, 0.3) is 5.69 Å². The Morgan fingerprint density at radius 1 is 1.30 bits per heavy atom. The van der Waals surface area contributed by atoms with E-state index in [1.807, 2.05) is 18.2 Å². The average molecular weight is 385 g/mol. The normalized spacial score (nSPS) is 16.2. The highest BCUT2D eigenvalue weighted by Gasteiger charge is 2.31. The third-order valence-corrected chi connectivity index (χ3v) is 5.76. The fourth-order valence-corrected chi connectivity index (χ4v) is 4.22. The van der Waals surface area contributed by atoms with Gasteiger partial charge < -0.3 is 9.84 Å². The van der Waals surface area contributed by atoms with Crippen LogP contribution in [0.2, 0.25) is 0 Å². The molecule has 1 fully saturated rings. The lowest BCUT2D eigenvalue weighted by molar-refractivity contribution is -0.384. The Hall–Kier alpha value is -2.55. The molecule has 0 saturated carbocycles. The molecule has 1 atom stereocenters. The molecule has 27 heavy (non-hydrogen) atoms. The second-order valence-corrected chi connectivity index (χ2v) is 7.72. The summed E-state index contributed by atoms with van der Waals surface area (Å²) in [5.41, 5.74) is 1.02. The first-order valence-electron chi connectivity index (χ1n) is 8.71. The molecule has 0 unspecified atom stereocenters. The minimum Gasteiger partial charge on any atom is -0.491 e. The van der Waals surface area contributed by atoms with Crippen molar-refractivity contribution in [1.29, 1.82) is 0 Å². The molecule has 1 aliphatic rings. The Kier molecular flexibility index (Phi) is 5.02. The standard InChI is InChI=1S/C19H19N3O4S/c23-15(12-26-16-5-3-4-14(8-16)22(24)25)11-21-9-13(10-21)19-20-17-6-1-2-7-18(17)27-19/h1-8,13,15,23H,9-12H2/t15-/m1/s1. The van der Waals surface area contributed by atoms with Crippen molar-refractivity contribution in [3.8, 4) is 5.75 Å². The maximum atomic E-state index is 10.8. The predicted octanol–water partition coefficient (Wildman–Crippen LogP) is 3.04. The van der Waals surface area contributed by atoms with E-state index in [0.29, 0.717) is 18.2 Å². The van der Waals surface area contributed by atoms with E-state index in [4.69, 9.17) is 9.72 Å². The van der Waals surface area contributed by atoms with Gasteiger partial charge in [-0.2, -0.15) is 0 Å². The fraction of sp³-hybridized carbons (Fsp3) is 0.316. The predicted molar refractivity (Wildman–Crippen MR) is 103 cm³/mol. The summed E-state index contributed by atoms with van der Waals surface area (Å²) in [6.07, 6.45) is -0.652. The number of fused-ring (bicyclic) bond motifs is 1. The van der Waals surface area contributed by atoms with Crippen LogP contribution in [-0.2, 0) is 0 Å². The Morgan fingerprint density at radius 2 is 2.11 bits per heavy atom. The molecule has 0 radical (unpaired) electrons. The minimum absolute atomic E-state index is 0.0246. The summed E-state index contributed by atoms with van der Waals surface area (Å²) in [4.78, 5) is 17.2. The molecule has 1 N–H and O–H groups in total. The van der Waals surface area contributed by atoms with E-state index >= 15 is 0 Å². The van der Waals surface area contributed by atoms with Crippen LogP contribution >= 0.6 is 11.3 Å². The monoisotopic (exact) mass is 385 g/mol. The van der Waals surface area contributed by atoms with Crippen LogP contribution in [0.1, 0.15) is 10.9 Å². The summed E-state index contributed by atoms with van der Waals surface area (Å²) in [5.74, 6) is 0.798. The molecule has 0 spiro atoms. The lowest BCUT2D eigenvalue weighted by Crippen LogP contribution is -2.49. The number of aromatic nitrogens is 1. The summed E-state index contributed by atoms with van der Waals surface area (Å²) in [6, 6.07) is 14.1. The van der Waals surface area contributed by atoms with Crippen LogP contribution in [0.4, 0.5) is 5.69 Å². The topological polar surface area (TPSA) is 88.7 Å². The van der Waals surface area contributed by atoms with Crippen LogP contribution in [0.3, 0.4) is 0 Å². The van der Waals surface area contributed by atoms with E-state index in [1.54, 1.807) is 23.5 Å². The molecule has 0 bridgehead atoms. The molecule has 0 aliphatic carbocycles. The third kappa shape index (κ3) is 4.08. The zero-order chi connectivity index (χ0) is 18.8. The molecule has 1 aliphatic heterocycles. The zero-order valence-electron chi connectivity index (χ0n) is 14.5. The smallest absolute Gasteiger partial charge is 0.273 e. The first-order valence-corrected chi connectivity index (χ1v) is 9.53. The summed E-state index contributed by atoms with van der Waals surface area (Å²) in [5, 5.41) is 22.1. The number of nitro benzene ring substituents is 1. The maximum Gasteiger partial charge on any atom is 0.273 e. The number of benzene rings is 2. The summed E-state index contributed by atoms with van der Waals surface area (Å²) in [6.45, 7) is 2.35. The number of β-amino-alcohol motifs (C(OH)–C–C–N with tert-alkyl or cyclic N) is 1. The van der Waals surface area contributed by atoms with E-state index in [0.717, 1.165) is 23.6 Å². The Labute approximate surface area is 160 Å². The van der Waals surface area contributed by atoms with Crippen molar-refractivity contribution in [2.24, 2.45) is 0 Å². The largest absolute Gasteiger partial charge is 0.491 e. The molecule has 4 rings (SSSR count). The highest BCUT2D eigenvalue weighted by molar-refractivity contribution is 7.18. The first-order chi connectivity index (χ1) is 13.1. The Bertz CT molecular complexity index is 922. The van der Waals surface area contributed by atoms with E-state index < -0.39 is 11.0 Å². The number of rotatable bonds is 7. The number of para-hydroxylation sites is 1. The van der Waals surface area contributed by atoms with Crippen LogP contribution in [0, 0.1) is 10.1 Å². The summed E-state index contributed by atoms with van der Waals surface area (Å²) >= 11 is 1.73. The Morgan fingerprint density at radius 3 is 2.89 bits per heavy atom. The summed E-state index contributed by atoms with van der Waals surface area (Å²) in [7, 11) is 0. The lowest BCUT2D eigenvalue weighted by atomic mass is 10.0. The van der Waals surface area contributed by atoms with Gasteiger partial charge in [-0.3, -0.25) is 15.0 Å². The number of nitro groups is 1. The van der Waals surface area contributed by atoms with E-state index in [-0.39, 0.29) is 12.3 Å². The highest BCUT2D eigenvalue weighted by atomic mass is 32.1. The molecule has 7 nitrogen and oxygen atoms in total. The van der Waals surface area contributed by atoms with Gasteiger partial charge in [0, 0.05) is 31.6 Å². The molecular formula is C19H19N3O4S. The molecule has 2 aromatic carbocycles. The molecule has 8 heteroatoms. The first kappa shape index (κ1) is 17.8. The highest BCUT2D eigenvalue weighted by Crippen LogP contribution is 2.33. The number of hydrogen-bond donors (Lipinski definition) is 1. The minimum atomic E-state index is -0.652. The van der Waals surface area contributed by atoms with Crippen LogP contribution in [-0.4, -0.2) is 52.3 Å². The number of nitrogens with zero attached hydrogens (tertiary/aromatic N) is 3. The van der Waals surface area contributed by atoms with Gasteiger partial charge in [0.15, 0.2) is 0 Å². The number of likely N-dealkylation sites (tertiary alicyclic amines) is 1. The van der Waals surface area contributed by atoms with E-state index in [1.165, 1.54) is 16.8 Å². The quantitative estimate of drug-likeness (QED) is 0.497. The zero-order valence-corrected chi connectivity index (χ0v) is 15.3. The number of thiazole rings is 1. The van der Waals surface area contributed by atoms with Crippen molar-refractivity contribution in [3.05, 3.63) is 63.7 Å². The van der Waals surface area contributed by atoms with Gasteiger partial charge in [-0.1, -0.05) is 18.2 Å². The van der Waals surface area contributed by atoms with Crippen molar-refractivity contribution in [3.63, 3.8) is 0 Å². The summed E-state index contributed by atoms with van der Waals surface area (Å²) < 4.78 is 6.69. The van der Waals surface area contributed by atoms with Crippen molar-refractivity contribution >= 4 is 27.2 Å². The van der Waals surface area contributed by atoms with Gasteiger partial charge in [0.1, 0.15) is 18.5 Å². The van der Waals surface area contributed by atoms with Gasteiger partial charge in [0.05, 0.1) is 26.2 Å². The Balaban J connectivity index is 1.25. The molecule has 140 valence electrons. The number of hydrogen-bond acceptors (Lipinski definition) is 7. The van der Waals surface area contributed by atoms with Crippen LogP contribution in [0.5, 0.6) is 5.75 Å². The SMILES string of the molecule is O=[N+]([O-])c1cccc(OC[C@H](O)CN2CC(c3nc4ccccc4s3)C2)c1. The fourth-order valence-electron chi connectivity index (χ4n) is 3.17. The molecule has 2 heterocycles.